The van der Waals surface area contributed by atoms with Gasteiger partial charge in [-0.1, -0.05) is 6.92 Å². The number of aromatic nitrogens is 2. The molecule has 0 aliphatic rings. The summed E-state index contributed by atoms with van der Waals surface area (Å²) in [4.78, 5) is 2.37. The highest BCUT2D eigenvalue weighted by molar-refractivity contribution is 7.11. The maximum atomic E-state index is 5.66. The van der Waals surface area contributed by atoms with Crippen LogP contribution in [0.15, 0.2) is 24.5 Å². The number of nitrogens with two attached hydrogens (primary N) is 1. The van der Waals surface area contributed by atoms with Crippen molar-refractivity contribution in [3.63, 3.8) is 0 Å². The molecule has 2 aromatic rings. The monoisotopic (exact) mass is 251 g/mol. The Kier molecular flexibility index (Phi) is 4.17. The van der Waals surface area contributed by atoms with Crippen molar-refractivity contribution in [2.75, 3.05) is 0 Å². The van der Waals surface area contributed by atoms with E-state index in [0.29, 0.717) is 13.2 Å². The van der Waals surface area contributed by atoms with E-state index in [1.165, 1.54) is 9.75 Å². The zero-order chi connectivity index (χ0) is 12.1. The maximum absolute atomic E-state index is 5.66. The topological polar surface area (TPSA) is 53.1 Å². The van der Waals surface area contributed by atoms with Gasteiger partial charge in [-0.25, -0.2) is 0 Å². The molecule has 2 rings (SSSR count). The molecule has 0 unspecified atom stereocenters. The Labute approximate surface area is 105 Å². The van der Waals surface area contributed by atoms with Crippen LogP contribution in [0.1, 0.15) is 23.1 Å². The third-order valence-electron chi connectivity index (χ3n) is 2.36. The lowest BCUT2D eigenvalue weighted by Gasteiger charge is -2.00. The highest BCUT2D eigenvalue weighted by Crippen LogP contribution is 2.18. The van der Waals surface area contributed by atoms with E-state index in [-0.39, 0.29) is 0 Å². The minimum atomic E-state index is 0.586. The highest BCUT2D eigenvalue weighted by Gasteiger charge is 2.02. The van der Waals surface area contributed by atoms with Crippen LogP contribution in [0, 0.1) is 0 Å². The van der Waals surface area contributed by atoms with Crippen molar-refractivity contribution in [1.29, 1.82) is 0 Å². The fourth-order valence-electron chi connectivity index (χ4n) is 1.53. The Balaban J connectivity index is 1.88. The fourth-order valence-corrected chi connectivity index (χ4v) is 2.34. The standard InChI is InChI=1S/C12H17N3OS/c1-2-5-15-8-10(7-14-15)16-9-12-4-3-11(6-13)17-12/h3-4,7-8H,2,5-6,9,13H2,1H3. The molecular weight excluding hydrogens is 234 g/mol. The highest BCUT2D eigenvalue weighted by atomic mass is 32.1. The van der Waals surface area contributed by atoms with Gasteiger partial charge in [0, 0.05) is 22.8 Å². The average molecular weight is 251 g/mol. The Hall–Kier alpha value is -1.33. The molecule has 0 aromatic carbocycles. The lowest BCUT2D eigenvalue weighted by atomic mass is 10.4. The molecule has 0 saturated heterocycles. The van der Waals surface area contributed by atoms with Crippen molar-refractivity contribution in [3.8, 4) is 5.75 Å². The van der Waals surface area contributed by atoms with Gasteiger partial charge in [0.05, 0.1) is 12.4 Å². The molecule has 0 radical (unpaired) electrons. The van der Waals surface area contributed by atoms with Crippen LogP contribution >= 0.6 is 11.3 Å². The van der Waals surface area contributed by atoms with Crippen LogP contribution in [0.5, 0.6) is 5.75 Å². The Morgan fingerprint density at radius 3 is 2.94 bits per heavy atom. The van der Waals surface area contributed by atoms with Gasteiger partial charge >= 0.3 is 0 Å². The number of hydrogen-bond donors (Lipinski definition) is 1. The predicted molar refractivity (Wildman–Crippen MR) is 69.1 cm³/mol. The largest absolute Gasteiger partial charge is 0.485 e. The van der Waals surface area contributed by atoms with Crippen LogP contribution in [-0.2, 0) is 19.7 Å². The molecule has 4 nitrogen and oxygen atoms in total. The summed E-state index contributed by atoms with van der Waals surface area (Å²) in [5, 5.41) is 4.21. The molecule has 0 bridgehead atoms. The number of aryl methyl sites for hydroxylation is 1. The van der Waals surface area contributed by atoms with E-state index in [0.717, 1.165) is 18.7 Å². The van der Waals surface area contributed by atoms with Crippen molar-refractivity contribution in [2.24, 2.45) is 5.73 Å². The predicted octanol–water partition coefficient (Wildman–Crippen LogP) is 2.39. The van der Waals surface area contributed by atoms with Crippen LogP contribution in [0.25, 0.3) is 0 Å². The molecule has 2 aromatic heterocycles. The fraction of sp³-hybridized carbons (Fsp3) is 0.417. The van der Waals surface area contributed by atoms with Gasteiger partial charge in [0.1, 0.15) is 6.61 Å². The quantitative estimate of drug-likeness (QED) is 0.857. The van der Waals surface area contributed by atoms with Gasteiger partial charge in [-0.2, -0.15) is 5.10 Å². The Morgan fingerprint density at radius 2 is 2.24 bits per heavy atom. The first kappa shape index (κ1) is 12.1. The number of ether oxygens (including phenoxy) is 1. The third kappa shape index (κ3) is 3.31. The van der Waals surface area contributed by atoms with E-state index in [2.05, 4.69) is 18.1 Å². The number of nitrogens with zero attached hydrogens (tertiary/aromatic N) is 2. The normalized spacial score (nSPS) is 10.7. The molecule has 0 aliphatic heterocycles. The molecule has 0 spiro atoms. The number of hydrogen-bond acceptors (Lipinski definition) is 4. The maximum Gasteiger partial charge on any atom is 0.157 e. The first-order valence-electron chi connectivity index (χ1n) is 5.74. The van der Waals surface area contributed by atoms with E-state index in [9.17, 15) is 0 Å². The van der Waals surface area contributed by atoms with Crippen molar-refractivity contribution < 1.29 is 4.74 Å². The lowest BCUT2D eigenvalue weighted by molar-refractivity contribution is 0.309. The van der Waals surface area contributed by atoms with E-state index < -0.39 is 0 Å². The van der Waals surface area contributed by atoms with Gasteiger partial charge in [0.25, 0.3) is 0 Å². The van der Waals surface area contributed by atoms with Crippen molar-refractivity contribution in [3.05, 3.63) is 34.3 Å². The molecule has 0 aliphatic carbocycles. The SMILES string of the molecule is CCCn1cc(OCc2ccc(CN)s2)cn1. The second-order valence-corrected chi connectivity index (χ2v) is 5.05. The molecule has 2 N–H and O–H groups in total. The van der Waals surface area contributed by atoms with E-state index in [4.69, 9.17) is 10.5 Å². The summed E-state index contributed by atoms with van der Waals surface area (Å²) in [6, 6.07) is 4.10. The van der Waals surface area contributed by atoms with Gasteiger partial charge in [0.2, 0.25) is 0 Å². The van der Waals surface area contributed by atoms with Crippen molar-refractivity contribution in [2.45, 2.75) is 33.0 Å². The minimum Gasteiger partial charge on any atom is -0.485 e. The number of thiophene rings is 1. The molecule has 92 valence electrons. The first-order valence-corrected chi connectivity index (χ1v) is 6.56. The third-order valence-corrected chi connectivity index (χ3v) is 3.44. The average Bonchev–Trinajstić information content (AvgIpc) is 2.95. The first-order chi connectivity index (χ1) is 8.31. The molecule has 0 saturated carbocycles. The van der Waals surface area contributed by atoms with Gasteiger partial charge in [-0.3, -0.25) is 4.68 Å². The van der Waals surface area contributed by atoms with Crippen molar-refractivity contribution in [1.82, 2.24) is 9.78 Å². The summed E-state index contributed by atoms with van der Waals surface area (Å²) in [6.45, 7) is 4.24. The van der Waals surface area contributed by atoms with E-state index in [1.54, 1.807) is 17.5 Å². The van der Waals surface area contributed by atoms with Gasteiger partial charge in [-0.05, 0) is 18.6 Å². The second-order valence-electron chi connectivity index (χ2n) is 3.80. The van der Waals surface area contributed by atoms with Gasteiger partial charge < -0.3 is 10.5 Å². The lowest BCUT2D eigenvalue weighted by Crippen LogP contribution is -1.96. The van der Waals surface area contributed by atoms with Crippen LogP contribution in [0.3, 0.4) is 0 Å². The molecule has 0 amide bonds. The Bertz CT molecular complexity index is 464. The van der Waals surface area contributed by atoms with Crippen LogP contribution in [0.4, 0.5) is 0 Å². The summed E-state index contributed by atoms with van der Waals surface area (Å²) in [5.41, 5.74) is 5.56. The number of rotatable bonds is 6. The second kappa shape index (κ2) is 5.84. The molecule has 5 heteroatoms. The summed E-state index contributed by atoms with van der Waals surface area (Å²) in [5.74, 6) is 0.821. The molecule has 2 heterocycles. The van der Waals surface area contributed by atoms with Gasteiger partial charge in [0.15, 0.2) is 5.75 Å². The summed E-state index contributed by atoms with van der Waals surface area (Å²) in [6.07, 6.45) is 4.76. The zero-order valence-electron chi connectivity index (χ0n) is 9.93. The smallest absolute Gasteiger partial charge is 0.157 e. The molecule has 17 heavy (non-hydrogen) atoms. The zero-order valence-corrected chi connectivity index (χ0v) is 10.7. The van der Waals surface area contributed by atoms with Crippen LogP contribution in [-0.4, -0.2) is 9.78 Å². The molecule has 0 fully saturated rings. The van der Waals surface area contributed by atoms with Crippen LogP contribution in [0.2, 0.25) is 0 Å². The molecular formula is C12H17N3OS. The minimum absolute atomic E-state index is 0.586. The summed E-state index contributed by atoms with van der Waals surface area (Å²) < 4.78 is 7.56. The summed E-state index contributed by atoms with van der Waals surface area (Å²) >= 11 is 1.69. The molecule has 0 atom stereocenters. The van der Waals surface area contributed by atoms with Crippen LogP contribution < -0.4 is 10.5 Å². The van der Waals surface area contributed by atoms with E-state index in [1.807, 2.05) is 16.9 Å². The van der Waals surface area contributed by atoms with E-state index >= 15 is 0 Å². The van der Waals surface area contributed by atoms with Crippen molar-refractivity contribution >= 4 is 11.3 Å². The summed E-state index contributed by atoms with van der Waals surface area (Å²) in [7, 11) is 0. The van der Waals surface area contributed by atoms with Gasteiger partial charge in [-0.15, -0.1) is 11.3 Å². The Morgan fingerprint density at radius 1 is 1.41 bits per heavy atom.